The lowest BCUT2D eigenvalue weighted by Crippen LogP contribution is -2.24. The average Bonchev–Trinajstić information content (AvgIpc) is 2.83. The summed E-state index contributed by atoms with van der Waals surface area (Å²) in [6.07, 6.45) is 6.57. The van der Waals surface area contributed by atoms with Crippen LogP contribution in [0.15, 0.2) is 48.3 Å². The molecule has 2 aliphatic rings. The van der Waals surface area contributed by atoms with Crippen molar-refractivity contribution in [2.24, 2.45) is 0 Å². The molecule has 102 valence electrons. The Morgan fingerprint density at radius 1 is 1.16 bits per heavy atom. The molecular weight excluding hydrogens is 304 g/mol. The Morgan fingerprint density at radius 3 is 2.68 bits per heavy atom. The zero-order valence-electron chi connectivity index (χ0n) is 11.1. The van der Waals surface area contributed by atoms with Gasteiger partial charge in [0.1, 0.15) is 11.6 Å². The molecule has 0 aromatic heterocycles. The van der Waals surface area contributed by atoms with Crippen molar-refractivity contribution in [1.82, 2.24) is 9.80 Å². The van der Waals surface area contributed by atoms with Crippen LogP contribution in [0.5, 0.6) is 5.75 Å². The van der Waals surface area contributed by atoms with Gasteiger partial charge in [-0.25, -0.2) is 0 Å². The molecule has 3 nitrogen and oxygen atoms in total. The monoisotopic (exact) mass is 322 g/mol. The van der Waals surface area contributed by atoms with E-state index in [1.807, 2.05) is 12.1 Å². The molecule has 0 radical (unpaired) electrons. The summed E-state index contributed by atoms with van der Waals surface area (Å²) >= 11 is 0. The first-order valence-electron chi connectivity index (χ1n) is 6.36. The number of nitrogens with zero attached hydrogens (tertiary/aromatic N) is 2. The van der Waals surface area contributed by atoms with E-state index < -0.39 is 0 Å². The standard InChI is InChI=1S/C15H18N2O.BrH/c1-18-14-7-5-13(6-8-14)12-17-11-10-16-9-3-2-4-15(16)17;/h2-8H,9-12H2,1H3;1H. The van der Waals surface area contributed by atoms with Crippen molar-refractivity contribution in [3.05, 3.63) is 53.9 Å². The van der Waals surface area contributed by atoms with Crippen molar-refractivity contribution in [2.45, 2.75) is 6.54 Å². The van der Waals surface area contributed by atoms with Crippen LogP contribution in [0.1, 0.15) is 5.56 Å². The van der Waals surface area contributed by atoms with Gasteiger partial charge >= 0.3 is 0 Å². The maximum Gasteiger partial charge on any atom is 0.118 e. The SMILES string of the molecule is Br.COc1ccc(CN2CCN3CC=CC=C32)cc1. The van der Waals surface area contributed by atoms with Gasteiger partial charge in [-0.05, 0) is 23.8 Å². The number of allylic oxidation sites excluding steroid dienone is 2. The molecule has 0 N–H and O–H groups in total. The zero-order chi connectivity index (χ0) is 12.4. The van der Waals surface area contributed by atoms with Crippen molar-refractivity contribution >= 4 is 17.0 Å². The minimum absolute atomic E-state index is 0. The first kappa shape index (κ1) is 14.0. The molecule has 3 rings (SSSR count). The van der Waals surface area contributed by atoms with Crippen LogP contribution in [0.25, 0.3) is 0 Å². The Kier molecular flexibility index (Phi) is 4.53. The largest absolute Gasteiger partial charge is 0.497 e. The van der Waals surface area contributed by atoms with E-state index in [-0.39, 0.29) is 17.0 Å². The van der Waals surface area contributed by atoms with E-state index in [2.05, 4.69) is 40.2 Å². The lowest BCUT2D eigenvalue weighted by Gasteiger charge is -2.25. The summed E-state index contributed by atoms with van der Waals surface area (Å²) < 4.78 is 5.18. The van der Waals surface area contributed by atoms with Gasteiger partial charge in [-0.2, -0.15) is 0 Å². The number of hydrogen-bond acceptors (Lipinski definition) is 3. The molecule has 0 spiro atoms. The first-order valence-corrected chi connectivity index (χ1v) is 6.36. The summed E-state index contributed by atoms with van der Waals surface area (Å²) in [4.78, 5) is 4.86. The molecule has 0 amide bonds. The average molecular weight is 323 g/mol. The van der Waals surface area contributed by atoms with E-state index in [1.165, 1.54) is 11.4 Å². The van der Waals surface area contributed by atoms with Crippen LogP contribution >= 0.6 is 17.0 Å². The molecule has 2 heterocycles. The molecule has 1 saturated heterocycles. The second kappa shape index (κ2) is 6.15. The highest BCUT2D eigenvalue weighted by Gasteiger charge is 2.24. The molecule has 0 aliphatic carbocycles. The normalized spacial score (nSPS) is 16.8. The highest BCUT2D eigenvalue weighted by atomic mass is 79.9. The van der Waals surface area contributed by atoms with Crippen LogP contribution in [0.4, 0.5) is 0 Å². The van der Waals surface area contributed by atoms with Gasteiger partial charge in [0, 0.05) is 26.2 Å². The minimum atomic E-state index is 0. The van der Waals surface area contributed by atoms with Gasteiger partial charge in [0.15, 0.2) is 0 Å². The molecule has 0 unspecified atom stereocenters. The third-order valence-corrected chi connectivity index (χ3v) is 3.53. The van der Waals surface area contributed by atoms with Crippen molar-refractivity contribution in [3.63, 3.8) is 0 Å². The number of benzene rings is 1. The van der Waals surface area contributed by atoms with E-state index in [1.54, 1.807) is 7.11 Å². The van der Waals surface area contributed by atoms with E-state index in [9.17, 15) is 0 Å². The van der Waals surface area contributed by atoms with Gasteiger partial charge in [-0.3, -0.25) is 0 Å². The predicted octanol–water partition coefficient (Wildman–Crippen LogP) is 2.80. The van der Waals surface area contributed by atoms with Crippen LogP contribution in [-0.4, -0.2) is 36.5 Å². The van der Waals surface area contributed by atoms with Crippen LogP contribution < -0.4 is 4.74 Å². The quantitative estimate of drug-likeness (QED) is 0.851. The molecule has 19 heavy (non-hydrogen) atoms. The fourth-order valence-electron chi connectivity index (χ4n) is 2.52. The van der Waals surface area contributed by atoms with Crippen LogP contribution in [0.2, 0.25) is 0 Å². The predicted molar refractivity (Wildman–Crippen MR) is 82.5 cm³/mol. The summed E-state index contributed by atoms with van der Waals surface area (Å²) in [5.41, 5.74) is 1.33. The Morgan fingerprint density at radius 2 is 1.95 bits per heavy atom. The summed E-state index contributed by atoms with van der Waals surface area (Å²) in [5, 5.41) is 0. The number of fused-ring (bicyclic) bond motifs is 1. The highest BCUT2D eigenvalue weighted by Crippen LogP contribution is 2.23. The lowest BCUT2D eigenvalue weighted by molar-refractivity contribution is 0.344. The van der Waals surface area contributed by atoms with E-state index >= 15 is 0 Å². The van der Waals surface area contributed by atoms with Gasteiger partial charge < -0.3 is 14.5 Å². The topological polar surface area (TPSA) is 15.7 Å². The highest BCUT2D eigenvalue weighted by molar-refractivity contribution is 8.93. The number of methoxy groups -OCH3 is 1. The smallest absolute Gasteiger partial charge is 0.118 e. The second-order valence-electron chi connectivity index (χ2n) is 4.67. The molecule has 1 fully saturated rings. The number of rotatable bonds is 3. The third kappa shape index (κ3) is 2.95. The fraction of sp³-hybridized carbons (Fsp3) is 0.333. The van der Waals surface area contributed by atoms with Crippen LogP contribution in [0.3, 0.4) is 0 Å². The molecule has 1 aromatic rings. The molecule has 4 heteroatoms. The molecule has 0 bridgehead atoms. The Hall–Kier alpha value is -1.42. The van der Waals surface area contributed by atoms with Gasteiger partial charge in [0.05, 0.1) is 7.11 Å². The van der Waals surface area contributed by atoms with Crippen LogP contribution in [-0.2, 0) is 6.54 Å². The summed E-state index contributed by atoms with van der Waals surface area (Å²) in [7, 11) is 1.70. The van der Waals surface area contributed by atoms with Crippen molar-refractivity contribution < 1.29 is 4.74 Å². The van der Waals surface area contributed by atoms with Crippen LogP contribution in [0, 0.1) is 0 Å². The number of hydrogen-bond donors (Lipinski definition) is 0. The summed E-state index contributed by atoms with van der Waals surface area (Å²) in [6, 6.07) is 8.33. The van der Waals surface area contributed by atoms with Crippen molar-refractivity contribution in [1.29, 1.82) is 0 Å². The molecular formula is C15H19BrN2O. The molecule has 0 saturated carbocycles. The summed E-state index contributed by atoms with van der Waals surface area (Å²) in [6.45, 7) is 4.26. The summed E-state index contributed by atoms with van der Waals surface area (Å²) in [5.74, 6) is 2.27. The Bertz CT molecular complexity index is 481. The van der Waals surface area contributed by atoms with Gasteiger partial charge in [0.2, 0.25) is 0 Å². The van der Waals surface area contributed by atoms with E-state index in [0.717, 1.165) is 31.9 Å². The maximum absolute atomic E-state index is 5.18. The first-order chi connectivity index (χ1) is 8.86. The molecule has 2 aliphatic heterocycles. The van der Waals surface area contributed by atoms with Gasteiger partial charge in [0.25, 0.3) is 0 Å². The number of halogens is 1. The fourth-order valence-corrected chi connectivity index (χ4v) is 2.52. The molecule has 1 aromatic carbocycles. The Labute approximate surface area is 124 Å². The van der Waals surface area contributed by atoms with Gasteiger partial charge in [-0.1, -0.05) is 24.3 Å². The second-order valence-corrected chi connectivity index (χ2v) is 4.67. The number of ether oxygens (including phenoxy) is 1. The van der Waals surface area contributed by atoms with Gasteiger partial charge in [-0.15, -0.1) is 17.0 Å². The maximum atomic E-state index is 5.18. The van der Waals surface area contributed by atoms with E-state index in [0.29, 0.717) is 0 Å². The van der Waals surface area contributed by atoms with Crippen molar-refractivity contribution in [3.8, 4) is 5.75 Å². The van der Waals surface area contributed by atoms with E-state index in [4.69, 9.17) is 4.74 Å². The molecule has 0 atom stereocenters. The third-order valence-electron chi connectivity index (χ3n) is 3.53. The zero-order valence-corrected chi connectivity index (χ0v) is 12.8. The Balaban J connectivity index is 0.00000133. The minimum Gasteiger partial charge on any atom is -0.497 e. The lowest BCUT2D eigenvalue weighted by atomic mass is 10.2. The van der Waals surface area contributed by atoms with Crippen molar-refractivity contribution in [2.75, 3.05) is 26.7 Å².